The maximum atomic E-state index is 14.0. The minimum atomic E-state index is -0.523. The van der Waals surface area contributed by atoms with E-state index in [1.54, 1.807) is 30.1 Å². The lowest BCUT2D eigenvalue weighted by molar-refractivity contribution is -0.134. The largest absolute Gasteiger partial charge is 0.349 e. The van der Waals surface area contributed by atoms with Crippen LogP contribution in [-0.2, 0) is 4.79 Å². The standard InChI is InChI=1S/C14H20FN3O/c1-14(2)9-17(3)13(19)12(8-16)18(14)11-7-5-4-6-10(11)15/h4-7,12H,8-9,16H2,1-3H3. The van der Waals surface area contributed by atoms with Crippen molar-refractivity contribution in [3.63, 3.8) is 0 Å². The molecular weight excluding hydrogens is 245 g/mol. The molecule has 0 aliphatic carbocycles. The van der Waals surface area contributed by atoms with E-state index >= 15 is 0 Å². The molecule has 2 N–H and O–H groups in total. The number of benzene rings is 1. The second-order valence-electron chi connectivity index (χ2n) is 5.58. The number of piperazine rings is 1. The number of carbonyl (C=O) groups excluding carboxylic acids is 1. The van der Waals surface area contributed by atoms with Crippen molar-refractivity contribution >= 4 is 11.6 Å². The van der Waals surface area contributed by atoms with Gasteiger partial charge in [-0.2, -0.15) is 0 Å². The van der Waals surface area contributed by atoms with Crippen LogP contribution >= 0.6 is 0 Å². The highest BCUT2D eigenvalue weighted by Crippen LogP contribution is 2.32. The van der Waals surface area contributed by atoms with Crippen LogP contribution in [0.25, 0.3) is 0 Å². The monoisotopic (exact) mass is 265 g/mol. The van der Waals surface area contributed by atoms with E-state index in [1.807, 2.05) is 18.7 Å². The van der Waals surface area contributed by atoms with E-state index in [9.17, 15) is 9.18 Å². The van der Waals surface area contributed by atoms with Gasteiger partial charge in [-0.3, -0.25) is 4.79 Å². The van der Waals surface area contributed by atoms with E-state index in [0.29, 0.717) is 12.2 Å². The molecule has 2 rings (SSSR count). The smallest absolute Gasteiger partial charge is 0.246 e. The SMILES string of the molecule is CN1CC(C)(C)N(c2ccccc2F)C(CN)C1=O. The quantitative estimate of drug-likeness (QED) is 0.874. The summed E-state index contributed by atoms with van der Waals surface area (Å²) in [5, 5.41) is 0. The third-order valence-electron chi connectivity index (χ3n) is 3.58. The van der Waals surface area contributed by atoms with Crippen LogP contribution in [0.4, 0.5) is 10.1 Å². The Hall–Kier alpha value is -1.62. The molecule has 1 fully saturated rings. The molecule has 1 amide bonds. The van der Waals surface area contributed by atoms with Crippen molar-refractivity contribution in [1.82, 2.24) is 4.90 Å². The van der Waals surface area contributed by atoms with E-state index in [-0.39, 0.29) is 23.8 Å². The van der Waals surface area contributed by atoms with Crippen molar-refractivity contribution in [3.8, 4) is 0 Å². The predicted octanol–water partition coefficient (Wildman–Crippen LogP) is 1.21. The van der Waals surface area contributed by atoms with Gasteiger partial charge in [-0.25, -0.2) is 4.39 Å². The van der Waals surface area contributed by atoms with Crippen LogP contribution in [0, 0.1) is 5.82 Å². The minimum absolute atomic E-state index is 0.0647. The fraction of sp³-hybridized carbons (Fsp3) is 0.500. The summed E-state index contributed by atoms with van der Waals surface area (Å²) in [5.74, 6) is -0.392. The Labute approximate surface area is 113 Å². The average molecular weight is 265 g/mol. The van der Waals surface area contributed by atoms with Gasteiger partial charge in [-0.15, -0.1) is 0 Å². The van der Waals surface area contributed by atoms with Crippen LogP contribution in [-0.4, -0.2) is 42.5 Å². The Balaban J connectivity index is 2.50. The van der Waals surface area contributed by atoms with Crippen LogP contribution in [0.15, 0.2) is 24.3 Å². The molecular formula is C14H20FN3O. The van der Waals surface area contributed by atoms with Crippen molar-refractivity contribution in [3.05, 3.63) is 30.1 Å². The van der Waals surface area contributed by atoms with E-state index < -0.39 is 6.04 Å². The summed E-state index contributed by atoms with van der Waals surface area (Å²) in [6, 6.07) is 5.98. The lowest BCUT2D eigenvalue weighted by atomic mass is 9.93. The van der Waals surface area contributed by atoms with Gasteiger partial charge in [-0.05, 0) is 26.0 Å². The number of nitrogens with zero attached hydrogens (tertiary/aromatic N) is 2. The molecule has 1 aliphatic rings. The van der Waals surface area contributed by atoms with Gasteiger partial charge in [0.05, 0.1) is 11.2 Å². The summed E-state index contributed by atoms with van der Waals surface area (Å²) in [4.78, 5) is 15.7. The Kier molecular flexibility index (Phi) is 3.49. The third-order valence-corrected chi connectivity index (χ3v) is 3.58. The number of hydrogen-bond acceptors (Lipinski definition) is 3. The molecule has 0 radical (unpaired) electrons. The summed E-state index contributed by atoms with van der Waals surface area (Å²) in [6.07, 6.45) is 0. The van der Waals surface area contributed by atoms with Gasteiger partial charge in [0, 0.05) is 20.1 Å². The Bertz CT molecular complexity index is 489. The van der Waals surface area contributed by atoms with Crippen LogP contribution < -0.4 is 10.6 Å². The fourth-order valence-electron chi connectivity index (χ4n) is 2.87. The van der Waals surface area contributed by atoms with E-state index in [0.717, 1.165) is 0 Å². The number of carbonyl (C=O) groups is 1. The second-order valence-corrected chi connectivity index (χ2v) is 5.58. The Morgan fingerprint density at radius 1 is 1.42 bits per heavy atom. The number of amides is 1. The topological polar surface area (TPSA) is 49.6 Å². The highest BCUT2D eigenvalue weighted by molar-refractivity contribution is 5.87. The molecule has 0 bridgehead atoms. The number of rotatable bonds is 2. The first-order chi connectivity index (χ1) is 8.88. The number of para-hydroxylation sites is 1. The molecule has 1 unspecified atom stereocenters. The fourth-order valence-corrected chi connectivity index (χ4v) is 2.87. The van der Waals surface area contributed by atoms with Crippen LogP contribution in [0.5, 0.6) is 0 Å². The molecule has 1 heterocycles. The maximum absolute atomic E-state index is 14.0. The Morgan fingerprint density at radius 2 is 2.05 bits per heavy atom. The summed E-state index contributed by atoms with van der Waals surface area (Å²) in [7, 11) is 1.76. The summed E-state index contributed by atoms with van der Waals surface area (Å²) in [5.41, 5.74) is 5.81. The molecule has 1 aromatic rings. The predicted molar refractivity (Wildman–Crippen MR) is 73.4 cm³/mol. The molecule has 1 aliphatic heterocycles. The van der Waals surface area contributed by atoms with Crippen LogP contribution in [0.3, 0.4) is 0 Å². The van der Waals surface area contributed by atoms with Crippen LogP contribution in [0.2, 0.25) is 0 Å². The molecule has 1 saturated heterocycles. The summed E-state index contributed by atoms with van der Waals surface area (Å²) in [6.45, 7) is 4.69. The molecule has 1 atom stereocenters. The number of nitrogens with two attached hydrogens (primary N) is 1. The van der Waals surface area contributed by atoms with Gasteiger partial charge in [-0.1, -0.05) is 12.1 Å². The lowest BCUT2D eigenvalue weighted by Gasteiger charge is -2.51. The number of hydrogen-bond donors (Lipinski definition) is 1. The summed E-state index contributed by atoms with van der Waals surface area (Å²) < 4.78 is 14.0. The molecule has 5 heteroatoms. The summed E-state index contributed by atoms with van der Waals surface area (Å²) >= 11 is 0. The van der Waals surface area contributed by atoms with E-state index in [1.165, 1.54) is 6.07 Å². The molecule has 19 heavy (non-hydrogen) atoms. The van der Waals surface area contributed by atoms with Crippen molar-refractivity contribution in [2.75, 3.05) is 25.0 Å². The maximum Gasteiger partial charge on any atom is 0.246 e. The highest BCUT2D eigenvalue weighted by atomic mass is 19.1. The Morgan fingerprint density at radius 3 is 2.63 bits per heavy atom. The first-order valence-corrected chi connectivity index (χ1v) is 6.37. The van der Waals surface area contributed by atoms with Gasteiger partial charge in [0.15, 0.2) is 0 Å². The third kappa shape index (κ3) is 2.30. The lowest BCUT2D eigenvalue weighted by Crippen LogP contribution is -2.68. The molecule has 0 saturated carbocycles. The van der Waals surface area contributed by atoms with E-state index in [2.05, 4.69) is 0 Å². The zero-order valence-electron chi connectivity index (χ0n) is 11.6. The normalized spacial score (nSPS) is 22.8. The molecule has 104 valence electrons. The zero-order valence-corrected chi connectivity index (χ0v) is 11.6. The number of likely N-dealkylation sites (N-methyl/N-ethyl adjacent to an activating group) is 1. The van der Waals surface area contributed by atoms with Gasteiger partial charge in [0.2, 0.25) is 5.91 Å². The van der Waals surface area contributed by atoms with Gasteiger partial charge in [0.25, 0.3) is 0 Å². The van der Waals surface area contributed by atoms with Gasteiger partial charge >= 0.3 is 0 Å². The molecule has 1 aromatic carbocycles. The van der Waals surface area contributed by atoms with Crippen molar-refractivity contribution in [1.29, 1.82) is 0 Å². The number of anilines is 1. The zero-order chi connectivity index (χ0) is 14.2. The highest BCUT2D eigenvalue weighted by Gasteiger charge is 2.44. The molecule has 4 nitrogen and oxygen atoms in total. The van der Waals surface area contributed by atoms with Gasteiger partial charge in [0.1, 0.15) is 11.9 Å². The molecule has 0 spiro atoms. The van der Waals surface area contributed by atoms with Crippen molar-refractivity contribution in [2.45, 2.75) is 25.4 Å². The average Bonchev–Trinajstić information content (AvgIpc) is 2.34. The first kappa shape index (κ1) is 13.8. The van der Waals surface area contributed by atoms with Crippen LogP contribution in [0.1, 0.15) is 13.8 Å². The van der Waals surface area contributed by atoms with Crippen molar-refractivity contribution < 1.29 is 9.18 Å². The first-order valence-electron chi connectivity index (χ1n) is 6.37. The van der Waals surface area contributed by atoms with Crippen molar-refractivity contribution in [2.24, 2.45) is 5.73 Å². The minimum Gasteiger partial charge on any atom is -0.349 e. The van der Waals surface area contributed by atoms with E-state index in [4.69, 9.17) is 5.73 Å². The molecule has 0 aromatic heterocycles. The number of halogens is 1. The second kappa shape index (κ2) is 4.81. The van der Waals surface area contributed by atoms with Gasteiger partial charge < -0.3 is 15.5 Å².